The molecule has 2 aromatic rings. The maximum Gasteiger partial charge on any atom is 0.337 e. The van der Waals surface area contributed by atoms with Gasteiger partial charge in [0, 0.05) is 37.8 Å². The highest BCUT2D eigenvalue weighted by molar-refractivity contribution is 5.96. The molecule has 1 atom stereocenters. The van der Waals surface area contributed by atoms with Crippen LogP contribution in [0.1, 0.15) is 39.2 Å². The summed E-state index contributed by atoms with van der Waals surface area (Å²) in [6.45, 7) is 5.31. The second kappa shape index (κ2) is 8.15. The van der Waals surface area contributed by atoms with Crippen LogP contribution in [0.5, 0.6) is 0 Å². The van der Waals surface area contributed by atoms with Crippen LogP contribution in [0, 0.1) is 0 Å². The Morgan fingerprint density at radius 1 is 0.885 bits per heavy atom. The first kappa shape index (κ1) is 18.1. The first-order valence-corrected chi connectivity index (χ1v) is 8.87. The summed E-state index contributed by atoms with van der Waals surface area (Å²) in [5.41, 5.74) is 2.35. The number of nitrogens with zero attached hydrogens (tertiary/aromatic N) is 2. The smallest absolute Gasteiger partial charge is 0.337 e. The van der Waals surface area contributed by atoms with Crippen molar-refractivity contribution in [2.75, 3.05) is 33.3 Å². The molecular weight excluding hydrogens is 328 g/mol. The number of hydrogen-bond acceptors (Lipinski definition) is 4. The molecule has 1 aliphatic rings. The second-order valence-electron chi connectivity index (χ2n) is 6.48. The fourth-order valence-electron chi connectivity index (χ4n) is 3.30. The quantitative estimate of drug-likeness (QED) is 0.794. The summed E-state index contributed by atoms with van der Waals surface area (Å²) >= 11 is 0. The van der Waals surface area contributed by atoms with Gasteiger partial charge in [-0.05, 0) is 36.8 Å². The van der Waals surface area contributed by atoms with E-state index in [1.807, 2.05) is 11.0 Å². The van der Waals surface area contributed by atoms with E-state index in [9.17, 15) is 9.59 Å². The number of benzene rings is 2. The number of ether oxygens (including phenoxy) is 1. The minimum atomic E-state index is -0.396. The lowest BCUT2D eigenvalue weighted by Gasteiger charge is -2.38. The lowest BCUT2D eigenvalue weighted by Crippen LogP contribution is -2.49. The van der Waals surface area contributed by atoms with E-state index >= 15 is 0 Å². The van der Waals surface area contributed by atoms with E-state index < -0.39 is 5.97 Å². The molecule has 0 radical (unpaired) electrons. The third kappa shape index (κ3) is 3.94. The molecule has 0 N–H and O–H groups in total. The Morgan fingerprint density at radius 2 is 1.46 bits per heavy atom. The molecule has 5 heteroatoms. The minimum Gasteiger partial charge on any atom is -0.465 e. The van der Waals surface area contributed by atoms with Crippen LogP contribution in [0.4, 0.5) is 0 Å². The van der Waals surface area contributed by atoms with Gasteiger partial charge in [-0.15, -0.1) is 0 Å². The summed E-state index contributed by atoms with van der Waals surface area (Å²) in [5.74, 6) is -0.388. The molecule has 1 unspecified atom stereocenters. The van der Waals surface area contributed by atoms with Crippen LogP contribution in [0.2, 0.25) is 0 Å². The highest BCUT2D eigenvalue weighted by atomic mass is 16.5. The molecule has 5 nitrogen and oxygen atoms in total. The normalized spacial score (nSPS) is 16.2. The number of methoxy groups -OCH3 is 1. The third-order valence-corrected chi connectivity index (χ3v) is 4.98. The van der Waals surface area contributed by atoms with Crippen LogP contribution < -0.4 is 0 Å². The standard InChI is InChI=1S/C21H24N2O3/c1-16(17-6-4-3-5-7-17)22-12-14-23(15-13-22)20(24)18-8-10-19(11-9-18)21(25)26-2/h3-11,16H,12-15H2,1-2H3. The lowest BCUT2D eigenvalue weighted by molar-refractivity contribution is 0.0576. The lowest BCUT2D eigenvalue weighted by atomic mass is 10.1. The summed E-state index contributed by atoms with van der Waals surface area (Å²) in [6.07, 6.45) is 0. The Balaban J connectivity index is 1.59. The van der Waals surface area contributed by atoms with Gasteiger partial charge < -0.3 is 9.64 Å². The van der Waals surface area contributed by atoms with Crippen LogP contribution >= 0.6 is 0 Å². The highest BCUT2D eigenvalue weighted by Gasteiger charge is 2.25. The number of carbonyl (C=O) groups is 2. The van der Waals surface area contributed by atoms with Gasteiger partial charge in [-0.3, -0.25) is 9.69 Å². The fourth-order valence-corrected chi connectivity index (χ4v) is 3.30. The maximum absolute atomic E-state index is 12.7. The van der Waals surface area contributed by atoms with Gasteiger partial charge in [0.05, 0.1) is 12.7 Å². The third-order valence-electron chi connectivity index (χ3n) is 4.98. The summed E-state index contributed by atoms with van der Waals surface area (Å²) < 4.78 is 4.68. The Morgan fingerprint density at radius 3 is 2.04 bits per heavy atom. The number of esters is 1. The van der Waals surface area contributed by atoms with E-state index in [1.54, 1.807) is 24.3 Å². The summed E-state index contributed by atoms with van der Waals surface area (Å²) in [7, 11) is 1.34. The molecule has 1 saturated heterocycles. The topological polar surface area (TPSA) is 49.9 Å². The molecule has 3 rings (SSSR count). The van der Waals surface area contributed by atoms with Gasteiger partial charge in [-0.2, -0.15) is 0 Å². The SMILES string of the molecule is COC(=O)c1ccc(C(=O)N2CCN(C(C)c3ccccc3)CC2)cc1. The molecule has 1 fully saturated rings. The molecule has 1 heterocycles. The van der Waals surface area contributed by atoms with Gasteiger partial charge in [0.1, 0.15) is 0 Å². The Bertz CT molecular complexity index is 751. The molecule has 136 valence electrons. The molecule has 2 aromatic carbocycles. The zero-order valence-corrected chi connectivity index (χ0v) is 15.2. The van der Waals surface area contributed by atoms with E-state index in [1.165, 1.54) is 12.7 Å². The summed E-state index contributed by atoms with van der Waals surface area (Å²) in [4.78, 5) is 28.5. The predicted octanol–water partition coefficient (Wildman–Crippen LogP) is 2.99. The zero-order chi connectivity index (χ0) is 18.5. The van der Waals surface area contributed by atoms with E-state index in [-0.39, 0.29) is 5.91 Å². The van der Waals surface area contributed by atoms with Gasteiger partial charge in [0.15, 0.2) is 0 Å². The van der Waals surface area contributed by atoms with Gasteiger partial charge >= 0.3 is 5.97 Å². The van der Waals surface area contributed by atoms with Crippen LogP contribution in [0.3, 0.4) is 0 Å². The van der Waals surface area contributed by atoms with Crippen molar-refractivity contribution in [3.05, 3.63) is 71.3 Å². The number of rotatable bonds is 4. The van der Waals surface area contributed by atoms with Gasteiger partial charge in [0.25, 0.3) is 5.91 Å². The van der Waals surface area contributed by atoms with Crippen molar-refractivity contribution < 1.29 is 14.3 Å². The average molecular weight is 352 g/mol. The Labute approximate surface area is 154 Å². The van der Waals surface area contributed by atoms with E-state index in [0.29, 0.717) is 30.3 Å². The zero-order valence-electron chi connectivity index (χ0n) is 15.2. The largest absolute Gasteiger partial charge is 0.465 e. The van der Waals surface area contributed by atoms with Crippen molar-refractivity contribution in [1.29, 1.82) is 0 Å². The monoisotopic (exact) mass is 352 g/mol. The van der Waals surface area contributed by atoms with Crippen molar-refractivity contribution in [2.45, 2.75) is 13.0 Å². The number of amides is 1. The number of hydrogen-bond donors (Lipinski definition) is 0. The first-order chi connectivity index (χ1) is 12.6. The van der Waals surface area contributed by atoms with Crippen LogP contribution in [0.25, 0.3) is 0 Å². The Kier molecular flexibility index (Phi) is 5.68. The number of piperazine rings is 1. The minimum absolute atomic E-state index is 0.00781. The first-order valence-electron chi connectivity index (χ1n) is 8.87. The van der Waals surface area contributed by atoms with Gasteiger partial charge in [-0.25, -0.2) is 4.79 Å². The summed E-state index contributed by atoms with van der Waals surface area (Å²) in [5, 5.41) is 0. The molecule has 0 spiro atoms. The summed E-state index contributed by atoms with van der Waals surface area (Å²) in [6, 6.07) is 17.4. The highest BCUT2D eigenvalue weighted by Crippen LogP contribution is 2.22. The van der Waals surface area contributed by atoms with Crippen LogP contribution in [-0.4, -0.2) is 55.0 Å². The van der Waals surface area contributed by atoms with Gasteiger partial charge in [-0.1, -0.05) is 30.3 Å². The van der Waals surface area contributed by atoms with Crippen molar-refractivity contribution in [1.82, 2.24) is 9.80 Å². The van der Waals surface area contributed by atoms with Crippen LogP contribution in [0.15, 0.2) is 54.6 Å². The number of carbonyl (C=O) groups excluding carboxylic acids is 2. The molecule has 0 aromatic heterocycles. The molecular formula is C21H24N2O3. The van der Waals surface area contributed by atoms with E-state index in [2.05, 4.69) is 40.8 Å². The molecule has 0 bridgehead atoms. The van der Waals surface area contributed by atoms with Crippen LogP contribution in [-0.2, 0) is 4.74 Å². The maximum atomic E-state index is 12.7. The average Bonchev–Trinajstić information content (AvgIpc) is 2.73. The van der Waals surface area contributed by atoms with Crippen molar-refractivity contribution in [2.24, 2.45) is 0 Å². The van der Waals surface area contributed by atoms with Crippen molar-refractivity contribution in [3.63, 3.8) is 0 Å². The molecule has 0 saturated carbocycles. The van der Waals surface area contributed by atoms with Crippen molar-refractivity contribution >= 4 is 11.9 Å². The molecule has 26 heavy (non-hydrogen) atoms. The predicted molar refractivity (Wildman–Crippen MR) is 100 cm³/mol. The van der Waals surface area contributed by atoms with Gasteiger partial charge in [0.2, 0.25) is 0 Å². The molecule has 1 amide bonds. The Hall–Kier alpha value is -2.66. The van der Waals surface area contributed by atoms with E-state index in [4.69, 9.17) is 0 Å². The fraction of sp³-hybridized carbons (Fsp3) is 0.333. The van der Waals surface area contributed by atoms with E-state index in [0.717, 1.165) is 13.1 Å². The second-order valence-corrected chi connectivity index (χ2v) is 6.48. The van der Waals surface area contributed by atoms with Crippen molar-refractivity contribution in [3.8, 4) is 0 Å². The molecule has 0 aliphatic carbocycles. The molecule has 1 aliphatic heterocycles.